The van der Waals surface area contributed by atoms with Crippen LogP contribution in [-0.2, 0) is 4.79 Å². The van der Waals surface area contributed by atoms with Gasteiger partial charge in [-0.05, 0) is 38.0 Å². The highest BCUT2D eigenvalue weighted by molar-refractivity contribution is 5.98. The molecule has 1 aromatic carbocycles. The first-order valence-electron chi connectivity index (χ1n) is 9.43. The number of ether oxygens (including phenoxy) is 1. The van der Waals surface area contributed by atoms with E-state index in [0.717, 1.165) is 31.9 Å². The Morgan fingerprint density at radius 1 is 1.32 bits per heavy atom. The van der Waals surface area contributed by atoms with Crippen LogP contribution in [0.3, 0.4) is 0 Å². The number of hydrogen-bond donors (Lipinski definition) is 4. The van der Waals surface area contributed by atoms with E-state index in [1.54, 1.807) is 25.1 Å². The van der Waals surface area contributed by atoms with Crippen LogP contribution in [0.4, 0.5) is 27.5 Å². The fourth-order valence-corrected chi connectivity index (χ4v) is 3.45. The summed E-state index contributed by atoms with van der Waals surface area (Å²) in [4.78, 5) is 20.1. The Labute approximate surface area is 162 Å². The van der Waals surface area contributed by atoms with Crippen molar-refractivity contribution in [3.63, 3.8) is 0 Å². The fraction of sp³-hybridized carbons (Fsp3) is 0.421. The van der Waals surface area contributed by atoms with E-state index in [1.165, 1.54) is 0 Å². The molecule has 1 saturated carbocycles. The molecule has 1 aromatic heterocycles. The molecule has 148 valence electrons. The second-order valence-electron chi connectivity index (χ2n) is 7.17. The molecule has 3 atom stereocenters. The van der Waals surface area contributed by atoms with Gasteiger partial charge in [0.1, 0.15) is 5.75 Å². The minimum atomic E-state index is -0.579. The van der Waals surface area contributed by atoms with E-state index < -0.39 is 11.9 Å². The van der Waals surface area contributed by atoms with Crippen LogP contribution in [0.25, 0.3) is 0 Å². The van der Waals surface area contributed by atoms with Crippen molar-refractivity contribution in [3.8, 4) is 5.75 Å². The van der Waals surface area contributed by atoms with Crippen LogP contribution in [0.5, 0.6) is 5.75 Å². The summed E-state index contributed by atoms with van der Waals surface area (Å²) in [5.41, 5.74) is 7.24. The van der Waals surface area contributed by atoms with Crippen LogP contribution in [0.15, 0.2) is 24.4 Å². The predicted octanol–water partition coefficient (Wildman–Crippen LogP) is 2.76. The van der Waals surface area contributed by atoms with Crippen LogP contribution in [0.1, 0.15) is 32.6 Å². The molecule has 1 aliphatic heterocycles. The number of hydrogen-bond acceptors (Lipinski definition) is 7. The van der Waals surface area contributed by atoms with Crippen molar-refractivity contribution in [1.29, 1.82) is 0 Å². The molecular formula is C19H23FN6O2. The summed E-state index contributed by atoms with van der Waals surface area (Å²) >= 11 is 0. The highest BCUT2D eigenvalue weighted by Crippen LogP contribution is 2.33. The maximum atomic E-state index is 14.2. The molecule has 0 bridgehead atoms. The van der Waals surface area contributed by atoms with Gasteiger partial charge in [-0.25, -0.2) is 9.37 Å². The van der Waals surface area contributed by atoms with E-state index in [4.69, 9.17) is 10.5 Å². The van der Waals surface area contributed by atoms with Crippen LogP contribution in [-0.4, -0.2) is 34.1 Å². The van der Waals surface area contributed by atoms with Gasteiger partial charge in [0, 0.05) is 17.8 Å². The van der Waals surface area contributed by atoms with Crippen LogP contribution < -0.4 is 26.4 Å². The van der Waals surface area contributed by atoms with Gasteiger partial charge in [0.25, 0.3) is 5.91 Å². The monoisotopic (exact) mass is 386 g/mol. The second kappa shape index (κ2) is 7.59. The number of carbonyl (C=O) groups is 1. The molecule has 0 saturated heterocycles. The molecule has 5 N–H and O–H groups in total. The summed E-state index contributed by atoms with van der Waals surface area (Å²) in [6.45, 7) is 1.67. The summed E-state index contributed by atoms with van der Waals surface area (Å²) in [7, 11) is 0. The van der Waals surface area contributed by atoms with E-state index in [-0.39, 0.29) is 23.8 Å². The lowest BCUT2D eigenvalue weighted by Gasteiger charge is -2.29. The molecule has 0 unspecified atom stereocenters. The maximum Gasteiger partial charge on any atom is 0.265 e. The fourth-order valence-electron chi connectivity index (χ4n) is 3.45. The van der Waals surface area contributed by atoms with E-state index in [9.17, 15) is 9.18 Å². The molecule has 28 heavy (non-hydrogen) atoms. The van der Waals surface area contributed by atoms with Crippen molar-refractivity contribution in [2.45, 2.75) is 50.8 Å². The van der Waals surface area contributed by atoms with E-state index in [2.05, 4.69) is 25.9 Å². The molecule has 1 aliphatic carbocycles. The van der Waals surface area contributed by atoms with Crippen LogP contribution >= 0.6 is 0 Å². The number of benzene rings is 1. The Hall–Kier alpha value is -2.94. The van der Waals surface area contributed by atoms with Crippen molar-refractivity contribution in [2.75, 3.05) is 16.0 Å². The molecule has 0 spiro atoms. The normalized spacial score (nSPS) is 24.0. The SMILES string of the molecule is C[C@@H]1Oc2ccc(Nc3nc(N[C@@H]4CCCC[C@H]4N)ncc3F)cc2NC1=O. The Bertz CT molecular complexity index is 893. The first-order valence-corrected chi connectivity index (χ1v) is 9.43. The van der Waals surface area contributed by atoms with Crippen LogP contribution in [0, 0.1) is 5.82 Å². The molecule has 4 rings (SSSR count). The lowest BCUT2D eigenvalue weighted by atomic mass is 9.91. The lowest BCUT2D eigenvalue weighted by molar-refractivity contribution is -0.122. The van der Waals surface area contributed by atoms with Gasteiger partial charge in [0.15, 0.2) is 17.7 Å². The molecular weight excluding hydrogens is 363 g/mol. The number of carbonyl (C=O) groups excluding carboxylic acids is 1. The van der Waals surface area contributed by atoms with Crippen molar-refractivity contribution in [2.24, 2.45) is 5.73 Å². The average molecular weight is 386 g/mol. The molecule has 2 aliphatic rings. The minimum absolute atomic E-state index is 0.0328. The number of nitrogens with one attached hydrogen (secondary N) is 3. The van der Waals surface area contributed by atoms with E-state index in [0.29, 0.717) is 23.1 Å². The van der Waals surface area contributed by atoms with Gasteiger partial charge in [0.05, 0.1) is 11.9 Å². The third kappa shape index (κ3) is 3.84. The molecule has 1 fully saturated rings. The van der Waals surface area contributed by atoms with Gasteiger partial charge in [0.2, 0.25) is 5.95 Å². The number of aromatic nitrogens is 2. The molecule has 8 nitrogen and oxygen atoms in total. The molecule has 1 amide bonds. The van der Waals surface area contributed by atoms with Gasteiger partial charge >= 0.3 is 0 Å². The largest absolute Gasteiger partial charge is 0.479 e. The topological polar surface area (TPSA) is 114 Å². The van der Waals surface area contributed by atoms with Gasteiger partial charge in [-0.2, -0.15) is 4.98 Å². The van der Waals surface area contributed by atoms with Crippen molar-refractivity contribution < 1.29 is 13.9 Å². The van der Waals surface area contributed by atoms with Gasteiger partial charge in [-0.15, -0.1) is 0 Å². The van der Waals surface area contributed by atoms with Crippen molar-refractivity contribution in [3.05, 3.63) is 30.2 Å². The highest BCUT2D eigenvalue weighted by atomic mass is 19.1. The van der Waals surface area contributed by atoms with Crippen molar-refractivity contribution >= 4 is 29.0 Å². The number of anilines is 4. The summed E-state index contributed by atoms with van der Waals surface area (Å²) in [6.07, 6.45) is 4.67. The number of nitrogens with two attached hydrogens (primary N) is 1. The standard InChI is InChI=1S/C19H23FN6O2/c1-10-18(27)24-15-8-11(6-7-16(15)28-10)23-17-12(20)9-22-19(26-17)25-14-5-3-2-4-13(14)21/h6-10,13-14H,2-5,21H2,1H3,(H,24,27)(H2,22,23,25,26)/t10-,13+,14+/m0/s1. The first kappa shape index (κ1) is 18.4. The third-order valence-electron chi connectivity index (χ3n) is 5.05. The van der Waals surface area contributed by atoms with E-state index in [1.807, 2.05) is 0 Å². The Balaban J connectivity index is 1.52. The zero-order valence-corrected chi connectivity index (χ0v) is 15.5. The second-order valence-corrected chi connectivity index (χ2v) is 7.17. The number of fused-ring (bicyclic) bond motifs is 1. The first-order chi connectivity index (χ1) is 13.5. The molecule has 0 radical (unpaired) electrons. The zero-order valence-electron chi connectivity index (χ0n) is 15.5. The summed E-state index contributed by atoms with van der Waals surface area (Å²) in [6, 6.07) is 5.22. The smallest absolute Gasteiger partial charge is 0.265 e. The summed E-state index contributed by atoms with van der Waals surface area (Å²) in [5.74, 6) is 0.126. The average Bonchev–Trinajstić information content (AvgIpc) is 2.67. The third-order valence-corrected chi connectivity index (χ3v) is 5.05. The highest BCUT2D eigenvalue weighted by Gasteiger charge is 2.24. The minimum Gasteiger partial charge on any atom is -0.479 e. The number of amides is 1. The maximum absolute atomic E-state index is 14.2. The predicted molar refractivity (Wildman–Crippen MR) is 104 cm³/mol. The molecule has 2 heterocycles. The Morgan fingerprint density at radius 2 is 2.14 bits per heavy atom. The summed E-state index contributed by atoms with van der Waals surface area (Å²) in [5, 5.41) is 8.91. The number of nitrogens with zero attached hydrogens (tertiary/aromatic N) is 2. The van der Waals surface area contributed by atoms with Crippen LogP contribution in [0.2, 0.25) is 0 Å². The number of rotatable bonds is 4. The lowest BCUT2D eigenvalue weighted by Crippen LogP contribution is -2.43. The Morgan fingerprint density at radius 3 is 2.96 bits per heavy atom. The zero-order chi connectivity index (χ0) is 19.7. The van der Waals surface area contributed by atoms with Gasteiger partial charge in [-0.3, -0.25) is 4.79 Å². The quantitative estimate of drug-likeness (QED) is 0.639. The van der Waals surface area contributed by atoms with E-state index >= 15 is 0 Å². The Kier molecular flexibility index (Phi) is 4.99. The van der Waals surface area contributed by atoms with Gasteiger partial charge < -0.3 is 26.4 Å². The summed E-state index contributed by atoms with van der Waals surface area (Å²) < 4.78 is 19.8. The molecule has 9 heteroatoms. The van der Waals surface area contributed by atoms with Crippen molar-refractivity contribution in [1.82, 2.24) is 9.97 Å². The number of halogens is 1. The molecule has 2 aromatic rings. The van der Waals surface area contributed by atoms with Gasteiger partial charge in [-0.1, -0.05) is 12.8 Å².